The van der Waals surface area contributed by atoms with Crippen LogP contribution in [0.4, 0.5) is 0 Å². The molecule has 0 fully saturated rings. The quantitative estimate of drug-likeness (QED) is 0.307. The second-order valence-electron chi connectivity index (χ2n) is 9.08. The Kier molecular flexibility index (Phi) is 9.67. The average molecular weight is 489 g/mol. The van der Waals surface area contributed by atoms with Crippen LogP contribution in [0.25, 0.3) is 0 Å². The zero-order chi connectivity index (χ0) is 21.7. The fourth-order valence-corrected chi connectivity index (χ4v) is 4.59. The molecule has 0 spiro atoms. The van der Waals surface area contributed by atoms with E-state index >= 15 is 0 Å². The molecule has 5 heteroatoms. The summed E-state index contributed by atoms with van der Waals surface area (Å²) < 4.78 is 4.20. The van der Waals surface area contributed by atoms with E-state index in [1.807, 2.05) is 12.1 Å². The normalized spacial score (nSPS) is 12.7. The van der Waals surface area contributed by atoms with Gasteiger partial charge in [0, 0.05) is 18.1 Å². The van der Waals surface area contributed by atoms with Crippen LogP contribution in [0.3, 0.4) is 0 Å². The van der Waals surface area contributed by atoms with Crippen molar-refractivity contribution in [2.75, 3.05) is 0 Å². The smallest absolute Gasteiger partial charge is 0.254 e. The monoisotopic (exact) mass is 488 g/mol. The third-order valence-electron chi connectivity index (χ3n) is 6.17. The molecule has 0 radical (unpaired) electrons. The van der Waals surface area contributed by atoms with Crippen molar-refractivity contribution in [1.82, 2.24) is 4.57 Å². The molecule has 31 heavy (non-hydrogen) atoms. The molecule has 0 N–H and O–H groups in total. The molecule has 0 bridgehead atoms. The lowest BCUT2D eigenvalue weighted by atomic mass is 9.89. The van der Waals surface area contributed by atoms with Crippen molar-refractivity contribution in [2.24, 2.45) is 5.92 Å². The van der Waals surface area contributed by atoms with Gasteiger partial charge >= 0.3 is 0 Å². The van der Waals surface area contributed by atoms with Gasteiger partial charge in [0.1, 0.15) is 0 Å². The lowest BCUT2D eigenvalue weighted by Crippen LogP contribution is -3.00. The molecule has 1 aliphatic rings. The highest BCUT2D eigenvalue weighted by molar-refractivity contribution is 6.26. The van der Waals surface area contributed by atoms with Crippen molar-refractivity contribution >= 4 is 11.6 Å². The zero-order valence-corrected chi connectivity index (χ0v) is 21.1. The van der Waals surface area contributed by atoms with Gasteiger partial charge in [-0.2, -0.15) is 0 Å². The van der Waals surface area contributed by atoms with E-state index in [0.717, 1.165) is 25.3 Å². The SMILES string of the molecule is CCCCCCCCCCn1c2c([n+](CC(C)C)c1C)C(=O)c1ccccc1C2=O.[Br-]. The molecular formula is C26H37BrN2O2. The molecule has 1 aromatic carbocycles. The Hall–Kier alpha value is -1.75. The summed E-state index contributed by atoms with van der Waals surface area (Å²) in [4.78, 5) is 26.7. The highest BCUT2D eigenvalue weighted by atomic mass is 79.9. The number of fused-ring (bicyclic) bond motifs is 2. The average Bonchev–Trinajstić information content (AvgIpc) is 3.00. The largest absolute Gasteiger partial charge is 1.00 e. The molecule has 0 amide bonds. The number of hydrogen-bond acceptors (Lipinski definition) is 2. The molecule has 4 nitrogen and oxygen atoms in total. The summed E-state index contributed by atoms with van der Waals surface area (Å²) in [5.74, 6) is 1.40. The molecule has 1 heterocycles. The number of carbonyl (C=O) groups excluding carboxylic acids is 2. The Labute approximate surface area is 197 Å². The van der Waals surface area contributed by atoms with E-state index < -0.39 is 0 Å². The molecule has 0 unspecified atom stereocenters. The summed E-state index contributed by atoms with van der Waals surface area (Å²) in [5, 5.41) is 0. The molecule has 3 rings (SSSR count). The number of rotatable bonds is 11. The fraction of sp³-hybridized carbons (Fsp3) is 0.577. The summed E-state index contributed by atoms with van der Waals surface area (Å²) in [7, 11) is 0. The van der Waals surface area contributed by atoms with Crippen molar-refractivity contribution < 1.29 is 31.1 Å². The Balaban J connectivity index is 0.00000341. The minimum Gasteiger partial charge on any atom is -1.00 e. The fourth-order valence-electron chi connectivity index (χ4n) is 4.59. The number of unbranched alkanes of at least 4 members (excludes halogenated alkanes) is 7. The number of nitrogens with zero attached hydrogens (tertiary/aromatic N) is 2. The summed E-state index contributed by atoms with van der Waals surface area (Å²) >= 11 is 0. The van der Waals surface area contributed by atoms with Crippen molar-refractivity contribution in [2.45, 2.75) is 92.2 Å². The molecule has 0 aliphatic heterocycles. The lowest BCUT2D eigenvalue weighted by Gasteiger charge is -2.13. The number of halogens is 1. The zero-order valence-electron chi connectivity index (χ0n) is 19.5. The van der Waals surface area contributed by atoms with Crippen molar-refractivity contribution in [3.63, 3.8) is 0 Å². The highest BCUT2D eigenvalue weighted by Crippen LogP contribution is 2.27. The molecule has 0 saturated carbocycles. The van der Waals surface area contributed by atoms with Crippen molar-refractivity contribution in [1.29, 1.82) is 0 Å². The molecule has 2 aromatic rings. The van der Waals surface area contributed by atoms with Crippen LogP contribution >= 0.6 is 0 Å². The van der Waals surface area contributed by atoms with Gasteiger partial charge in [-0.25, -0.2) is 9.13 Å². The van der Waals surface area contributed by atoms with Crippen LogP contribution in [0.15, 0.2) is 24.3 Å². The summed E-state index contributed by atoms with van der Waals surface area (Å²) in [6, 6.07) is 7.25. The van der Waals surface area contributed by atoms with Gasteiger partial charge < -0.3 is 17.0 Å². The molecule has 0 saturated heterocycles. The number of hydrogen-bond donors (Lipinski definition) is 0. The standard InChI is InChI=1S/C26H37N2O2.BrH/c1-5-6-7-8-9-10-11-14-17-27-20(4)28(18-19(2)3)24-23(27)25(29)21-15-12-13-16-22(21)26(24)30;/h12-13,15-16,19H,5-11,14,17-18H2,1-4H3;1H/q+1;/p-1. The lowest BCUT2D eigenvalue weighted by molar-refractivity contribution is -0.709. The van der Waals surface area contributed by atoms with Gasteiger partial charge in [-0.1, -0.05) is 83.6 Å². The first-order valence-electron chi connectivity index (χ1n) is 11.8. The van der Waals surface area contributed by atoms with Crippen LogP contribution in [-0.2, 0) is 13.1 Å². The predicted octanol–water partition coefficient (Wildman–Crippen LogP) is 2.66. The number of aromatic nitrogens is 2. The van der Waals surface area contributed by atoms with E-state index in [1.54, 1.807) is 12.1 Å². The van der Waals surface area contributed by atoms with Crippen molar-refractivity contribution in [3.8, 4) is 0 Å². The summed E-state index contributed by atoms with van der Waals surface area (Å²) in [5.41, 5.74) is 2.27. The first-order valence-corrected chi connectivity index (χ1v) is 11.8. The van der Waals surface area contributed by atoms with Crippen LogP contribution in [0, 0.1) is 12.8 Å². The van der Waals surface area contributed by atoms with E-state index in [-0.39, 0.29) is 28.5 Å². The second kappa shape index (κ2) is 11.8. The predicted molar refractivity (Wildman–Crippen MR) is 120 cm³/mol. The summed E-state index contributed by atoms with van der Waals surface area (Å²) in [6.07, 6.45) is 10.0. The topological polar surface area (TPSA) is 43.0 Å². The van der Waals surface area contributed by atoms with Gasteiger partial charge in [-0.05, 0) is 18.8 Å². The van der Waals surface area contributed by atoms with Crippen LogP contribution in [-0.4, -0.2) is 16.1 Å². The molecule has 1 aromatic heterocycles. The Morgan fingerprint density at radius 1 is 0.871 bits per heavy atom. The van der Waals surface area contributed by atoms with Gasteiger partial charge in [-0.15, -0.1) is 0 Å². The Morgan fingerprint density at radius 2 is 1.42 bits per heavy atom. The molecule has 170 valence electrons. The maximum Gasteiger partial charge on any atom is 0.254 e. The van der Waals surface area contributed by atoms with Crippen LogP contribution in [0.1, 0.15) is 110 Å². The van der Waals surface area contributed by atoms with Crippen LogP contribution in [0.2, 0.25) is 0 Å². The third kappa shape index (κ3) is 5.54. The van der Waals surface area contributed by atoms with Gasteiger partial charge in [0.15, 0.2) is 0 Å². The molecule has 1 aliphatic carbocycles. The van der Waals surface area contributed by atoms with Gasteiger partial charge in [0.2, 0.25) is 23.0 Å². The summed E-state index contributed by atoms with van der Waals surface area (Å²) in [6.45, 7) is 10.2. The van der Waals surface area contributed by atoms with E-state index in [1.165, 1.54) is 44.9 Å². The highest BCUT2D eigenvalue weighted by Gasteiger charge is 2.42. The van der Waals surface area contributed by atoms with Gasteiger partial charge in [0.25, 0.3) is 5.82 Å². The van der Waals surface area contributed by atoms with E-state index in [9.17, 15) is 9.59 Å². The Bertz CT molecular complexity index is 914. The van der Waals surface area contributed by atoms with Crippen molar-refractivity contribution in [3.05, 3.63) is 52.6 Å². The minimum atomic E-state index is -0.0152. The maximum absolute atomic E-state index is 13.4. The molecular weight excluding hydrogens is 452 g/mol. The third-order valence-corrected chi connectivity index (χ3v) is 6.17. The first-order chi connectivity index (χ1) is 14.5. The number of benzene rings is 1. The van der Waals surface area contributed by atoms with Gasteiger partial charge in [-0.3, -0.25) is 9.59 Å². The number of imidazole rings is 1. The minimum absolute atomic E-state index is 0. The Morgan fingerprint density at radius 3 is 2.00 bits per heavy atom. The second-order valence-corrected chi connectivity index (χ2v) is 9.08. The van der Waals surface area contributed by atoms with Gasteiger partial charge in [0.05, 0.1) is 13.1 Å². The number of ketones is 2. The number of carbonyl (C=O) groups is 2. The van der Waals surface area contributed by atoms with E-state index in [2.05, 4.69) is 36.8 Å². The first kappa shape index (κ1) is 25.5. The maximum atomic E-state index is 13.4. The van der Waals surface area contributed by atoms with E-state index in [4.69, 9.17) is 0 Å². The molecule has 0 atom stereocenters. The van der Waals surface area contributed by atoms with Crippen LogP contribution in [0.5, 0.6) is 0 Å². The van der Waals surface area contributed by atoms with E-state index in [0.29, 0.717) is 28.4 Å². The van der Waals surface area contributed by atoms with Crippen LogP contribution < -0.4 is 21.5 Å².